The molecule has 16 heavy (non-hydrogen) atoms. The molecular weight excluding hydrogens is 217 g/mol. The van der Waals surface area contributed by atoms with Gasteiger partial charge in [-0.15, -0.1) is 0 Å². The van der Waals surface area contributed by atoms with Crippen LogP contribution in [0.1, 0.15) is 12.8 Å². The highest BCUT2D eigenvalue weighted by Crippen LogP contribution is 2.38. The van der Waals surface area contributed by atoms with E-state index >= 15 is 0 Å². The van der Waals surface area contributed by atoms with Gasteiger partial charge in [0.25, 0.3) is 0 Å². The van der Waals surface area contributed by atoms with E-state index in [1.165, 1.54) is 12.8 Å². The van der Waals surface area contributed by atoms with Gasteiger partial charge in [-0.1, -0.05) is 0 Å². The van der Waals surface area contributed by atoms with E-state index in [2.05, 4.69) is 4.90 Å². The predicted molar refractivity (Wildman–Crippen MR) is 54.1 cm³/mol. The van der Waals surface area contributed by atoms with Gasteiger partial charge < -0.3 is 0 Å². The first-order chi connectivity index (χ1) is 7.51. The van der Waals surface area contributed by atoms with Crippen molar-refractivity contribution < 1.29 is 13.2 Å². The summed E-state index contributed by atoms with van der Waals surface area (Å²) in [5.74, 6) is 0.978. The summed E-state index contributed by atoms with van der Waals surface area (Å²) < 4.78 is 36.7. The van der Waals surface area contributed by atoms with E-state index in [4.69, 9.17) is 0 Å². The van der Waals surface area contributed by atoms with Gasteiger partial charge in [-0.3, -0.25) is 9.80 Å². The minimum Gasteiger partial charge on any atom is -0.300 e. The zero-order valence-corrected chi connectivity index (χ0v) is 9.21. The van der Waals surface area contributed by atoms with E-state index in [9.17, 15) is 13.2 Å². The maximum Gasteiger partial charge on any atom is 0.401 e. The predicted octanol–water partition coefficient (Wildman–Crippen LogP) is 1.57. The average Bonchev–Trinajstić information content (AvgIpc) is 2.80. The van der Waals surface area contributed by atoms with Crippen LogP contribution < -0.4 is 0 Å². The quantitative estimate of drug-likeness (QED) is 0.715. The van der Waals surface area contributed by atoms with Gasteiger partial charge >= 0.3 is 6.18 Å². The van der Waals surface area contributed by atoms with Gasteiger partial charge in [0.1, 0.15) is 0 Å². The lowest BCUT2D eigenvalue weighted by Crippen LogP contribution is -2.35. The molecular formula is C11H17F3N2. The van der Waals surface area contributed by atoms with Crippen molar-refractivity contribution in [3.8, 4) is 0 Å². The minimum atomic E-state index is -4.03. The molecule has 0 radical (unpaired) electrons. The molecule has 2 saturated heterocycles. The van der Waals surface area contributed by atoms with Gasteiger partial charge in [0, 0.05) is 32.2 Å². The number of hydrogen-bond donors (Lipinski definition) is 0. The van der Waals surface area contributed by atoms with Gasteiger partial charge in [0.2, 0.25) is 0 Å². The number of alkyl halides is 3. The highest BCUT2D eigenvalue weighted by molar-refractivity contribution is 4.98. The molecule has 3 aliphatic rings. The van der Waals surface area contributed by atoms with Crippen LogP contribution in [0.3, 0.4) is 0 Å². The molecule has 0 bridgehead atoms. The summed E-state index contributed by atoms with van der Waals surface area (Å²) in [5.41, 5.74) is 0. The summed E-state index contributed by atoms with van der Waals surface area (Å²) in [6, 6.07) is 0.765. The van der Waals surface area contributed by atoms with E-state index in [1.807, 2.05) is 0 Å². The van der Waals surface area contributed by atoms with E-state index in [-0.39, 0.29) is 0 Å². The number of rotatable bonds is 2. The Bertz CT molecular complexity index is 261. The van der Waals surface area contributed by atoms with Crippen LogP contribution in [-0.4, -0.2) is 54.7 Å². The van der Waals surface area contributed by atoms with Crippen LogP contribution in [-0.2, 0) is 0 Å². The molecule has 92 valence electrons. The van der Waals surface area contributed by atoms with Gasteiger partial charge in [-0.25, -0.2) is 0 Å². The number of likely N-dealkylation sites (tertiary alicyclic amines) is 2. The van der Waals surface area contributed by atoms with Crippen molar-refractivity contribution in [3.63, 3.8) is 0 Å². The monoisotopic (exact) mass is 234 g/mol. The molecule has 2 unspecified atom stereocenters. The van der Waals surface area contributed by atoms with Crippen molar-refractivity contribution >= 4 is 0 Å². The van der Waals surface area contributed by atoms with Gasteiger partial charge in [0.05, 0.1) is 6.54 Å². The van der Waals surface area contributed by atoms with Crippen LogP contribution in [0.5, 0.6) is 0 Å². The Morgan fingerprint density at radius 3 is 1.94 bits per heavy atom. The number of hydrogen-bond acceptors (Lipinski definition) is 2. The second kappa shape index (κ2) is 3.60. The Labute approximate surface area is 93.4 Å². The van der Waals surface area contributed by atoms with Crippen molar-refractivity contribution in [1.82, 2.24) is 9.80 Å². The molecule has 2 heterocycles. The fraction of sp³-hybridized carbons (Fsp3) is 1.00. The maximum atomic E-state index is 12.2. The summed E-state index contributed by atoms with van der Waals surface area (Å²) >= 11 is 0. The van der Waals surface area contributed by atoms with E-state index < -0.39 is 12.7 Å². The average molecular weight is 234 g/mol. The zero-order chi connectivity index (χ0) is 11.3. The molecule has 3 rings (SSSR count). The van der Waals surface area contributed by atoms with Crippen LogP contribution in [0.15, 0.2) is 0 Å². The van der Waals surface area contributed by atoms with Crippen molar-refractivity contribution in [2.24, 2.45) is 11.8 Å². The van der Waals surface area contributed by atoms with Crippen molar-refractivity contribution in [3.05, 3.63) is 0 Å². The SMILES string of the molecule is FC(F)(F)CN1CC2CN(C3CC3)CC2C1. The lowest BCUT2D eigenvalue weighted by atomic mass is 10.0. The third-order valence-corrected chi connectivity index (χ3v) is 4.06. The smallest absolute Gasteiger partial charge is 0.300 e. The van der Waals surface area contributed by atoms with E-state index in [0.29, 0.717) is 24.9 Å². The third-order valence-electron chi connectivity index (χ3n) is 4.06. The Kier molecular flexibility index (Phi) is 2.44. The Balaban J connectivity index is 1.52. The molecule has 0 aromatic carbocycles. The molecule has 0 amide bonds. The van der Waals surface area contributed by atoms with Crippen LogP contribution in [0.2, 0.25) is 0 Å². The Morgan fingerprint density at radius 1 is 0.938 bits per heavy atom. The molecule has 1 saturated carbocycles. The normalized spacial score (nSPS) is 36.9. The lowest BCUT2D eigenvalue weighted by Gasteiger charge is -2.21. The first-order valence-corrected chi connectivity index (χ1v) is 6.04. The molecule has 0 aromatic heterocycles. The van der Waals surface area contributed by atoms with Gasteiger partial charge in [-0.2, -0.15) is 13.2 Å². The maximum absolute atomic E-state index is 12.2. The second-order valence-corrected chi connectivity index (χ2v) is 5.51. The third kappa shape index (κ3) is 2.20. The summed E-state index contributed by atoms with van der Waals surface area (Å²) in [6.07, 6.45) is -1.44. The van der Waals surface area contributed by atoms with Crippen LogP contribution >= 0.6 is 0 Å². The van der Waals surface area contributed by atoms with Crippen molar-refractivity contribution in [2.45, 2.75) is 25.1 Å². The number of halogens is 3. The standard InChI is InChI=1S/C11H17F3N2/c12-11(13,14)7-15-3-8-5-16(10-1-2-10)6-9(8)4-15/h8-10H,1-7H2. The molecule has 0 N–H and O–H groups in total. The highest BCUT2D eigenvalue weighted by Gasteiger charge is 2.46. The Hall–Kier alpha value is -0.290. The van der Waals surface area contributed by atoms with Crippen LogP contribution in [0, 0.1) is 11.8 Å². The molecule has 0 spiro atoms. The molecule has 0 aromatic rings. The summed E-state index contributed by atoms with van der Waals surface area (Å²) in [7, 11) is 0. The second-order valence-electron chi connectivity index (χ2n) is 5.51. The molecule has 2 atom stereocenters. The molecule has 3 fully saturated rings. The highest BCUT2D eigenvalue weighted by atomic mass is 19.4. The fourth-order valence-corrected chi connectivity index (χ4v) is 3.25. The minimum absolute atomic E-state index is 0.489. The van der Waals surface area contributed by atoms with Gasteiger partial charge in [-0.05, 0) is 24.7 Å². The molecule has 2 nitrogen and oxygen atoms in total. The fourth-order valence-electron chi connectivity index (χ4n) is 3.25. The number of fused-ring (bicyclic) bond motifs is 1. The van der Waals surface area contributed by atoms with Crippen molar-refractivity contribution in [1.29, 1.82) is 0 Å². The first-order valence-electron chi connectivity index (χ1n) is 6.04. The summed E-state index contributed by atoms with van der Waals surface area (Å²) in [4.78, 5) is 4.07. The van der Waals surface area contributed by atoms with Crippen LogP contribution in [0.4, 0.5) is 13.2 Å². The van der Waals surface area contributed by atoms with Crippen LogP contribution in [0.25, 0.3) is 0 Å². The topological polar surface area (TPSA) is 6.48 Å². The molecule has 2 aliphatic heterocycles. The first kappa shape index (κ1) is 10.8. The molecule has 5 heteroatoms. The summed E-state index contributed by atoms with van der Waals surface area (Å²) in [6.45, 7) is 2.64. The number of nitrogens with zero attached hydrogens (tertiary/aromatic N) is 2. The molecule has 1 aliphatic carbocycles. The largest absolute Gasteiger partial charge is 0.401 e. The van der Waals surface area contributed by atoms with E-state index in [0.717, 1.165) is 19.1 Å². The Morgan fingerprint density at radius 2 is 1.50 bits per heavy atom. The van der Waals surface area contributed by atoms with Gasteiger partial charge in [0.15, 0.2) is 0 Å². The summed E-state index contributed by atoms with van der Waals surface area (Å²) in [5, 5.41) is 0. The lowest BCUT2D eigenvalue weighted by molar-refractivity contribution is -0.144. The zero-order valence-electron chi connectivity index (χ0n) is 9.21. The van der Waals surface area contributed by atoms with Crippen molar-refractivity contribution in [2.75, 3.05) is 32.7 Å². The van der Waals surface area contributed by atoms with E-state index in [1.54, 1.807) is 4.90 Å².